The second kappa shape index (κ2) is 8.48. The minimum atomic E-state index is -0.0986. The fourth-order valence-electron chi connectivity index (χ4n) is 2.76. The molecule has 0 spiro atoms. The molecule has 128 valence electrons. The van der Waals surface area contributed by atoms with Crippen LogP contribution in [0.3, 0.4) is 0 Å². The van der Waals surface area contributed by atoms with E-state index < -0.39 is 0 Å². The molecular weight excluding hydrogens is 298 g/mol. The van der Waals surface area contributed by atoms with Gasteiger partial charge < -0.3 is 10.2 Å². The largest absolute Gasteiger partial charge is 0.357 e. The highest BCUT2D eigenvalue weighted by molar-refractivity contribution is 6.05. The van der Waals surface area contributed by atoms with Crippen molar-refractivity contribution in [2.45, 2.75) is 40.5 Å². The minimum Gasteiger partial charge on any atom is -0.357 e. The van der Waals surface area contributed by atoms with Gasteiger partial charge in [0.25, 0.3) is 5.91 Å². The zero-order valence-corrected chi connectivity index (χ0v) is 15.1. The summed E-state index contributed by atoms with van der Waals surface area (Å²) in [6.45, 7) is 10.2. The number of hydrogen-bond acceptors (Lipinski definition) is 3. The Morgan fingerprint density at radius 2 is 1.79 bits per heavy atom. The number of amides is 1. The van der Waals surface area contributed by atoms with Gasteiger partial charge in [0.15, 0.2) is 0 Å². The number of hydrogen-bond donors (Lipinski definition) is 1. The molecule has 4 heteroatoms. The molecule has 0 aliphatic rings. The Morgan fingerprint density at radius 1 is 1.08 bits per heavy atom. The molecule has 2 rings (SSSR count). The number of aromatic nitrogens is 1. The van der Waals surface area contributed by atoms with Gasteiger partial charge in [-0.1, -0.05) is 31.5 Å². The molecule has 0 radical (unpaired) electrons. The van der Waals surface area contributed by atoms with Gasteiger partial charge in [-0.2, -0.15) is 0 Å². The van der Waals surface area contributed by atoms with Gasteiger partial charge in [-0.25, -0.2) is 4.98 Å². The molecule has 24 heavy (non-hydrogen) atoms. The number of nitrogens with zero attached hydrogens (tertiary/aromatic N) is 2. The van der Waals surface area contributed by atoms with Crippen LogP contribution in [0.2, 0.25) is 0 Å². The van der Waals surface area contributed by atoms with Crippen molar-refractivity contribution < 1.29 is 4.79 Å². The molecule has 1 aromatic carbocycles. The van der Waals surface area contributed by atoms with Crippen molar-refractivity contribution in [1.29, 1.82) is 0 Å². The second-order valence-corrected chi connectivity index (χ2v) is 6.16. The highest BCUT2D eigenvalue weighted by Crippen LogP contribution is 2.19. The first kappa shape index (κ1) is 18.0. The number of pyridine rings is 1. The first-order valence-corrected chi connectivity index (χ1v) is 8.64. The Balaban J connectivity index is 2.19. The van der Waals surface area contributed by atoms with Crippen LogP contribution in [0.1, 0.15) is 48.2 Å². The molecule has 0 fully saturated rings. The lowest BCUT2D eigenvalue weighted by Gasteiger charge is -2.22. The molecule has 0 atom stereocenters. The molecule has 0 saturated heterocycles. The second-order valence-electron chi connectivity index (χ2n) is 6.16. The maximum absolute atomic E-state index is 12.6. The Bertz CT molecular complexity index is 691. The zero-order valence-electron chi connectivity index (χ0n) is 15.1. The molecule has 4 nitrogen and oxygen atoms in total. The van der Waals surface area contributed by atoms with E-state index in [-0.39, 0.29) is 5.91 Å². The van der Waals surface area contributed by atoms with Gasteiger partial charge in [0.2, 0.25) is 0 Å². The van der Waals surface area contributed by atoms with Crippen molar-refractivity contribution >= 4 is 17.4 Å². The van der Waals surface area contributed by atoms with Crippen molar-refractivity contribution in [1.82, 2.24) is 4.98 Å². The van der Waals surface area contributed by atoms with Crippen LogP contribution in [0, 0.1) is 13.8 Å². The molecule has 1 heterocycles. The summed E-state index contributed by atoms with van der Waals surface area (Å²) in [5, 5.41) is 3.00. The molecule has 2 aromatic rings. The predicted octanol–water partition coefficient (Wildman–Crippen LogP) is 4.58. The maximum atomic E-state index is 12.6. The van der Waals surface area contributed by atoms with Crippen LogP contribution in [0.5, 0.6) is 0 Å². The summed E-state index contributed by atoms with van der Waals surface area (Å²) in [6, 6.07) is 9.66. The Hall–Kier alpha value is -2.36. The standard InChI is InChI=1S/C20H27N3O/c1-5-11-23(12-6-2)19-14-17(9-10-21-19)20(24)22-18-8-7-15(3)13-16(18)4/h7-10,13-14H,5-6,11-12H2,1-4H3,(H,22,24). The Kier molecular flexibility index (Phi) is 6.36. The average Bonchev–Trinajstić information content (AvgIpc) is 2.57. The van der Waals surface area contributed by atoms with E-state index in [1.165, 1.54) is 5.56 Å². The number of benzene rings is 1. The van der Waals surface area contributed by atoms with Crippen LogP contribution in [0.4, 0.5) is 11.5 Å². The summed E-state index contributed by atoms with van der Waals surface area (Å²) in [5.74, 6) is 0.769. The number of nitrogens with one attached hydrogen (secondary N) is 1. The number of carbonyl (C=O) groups is 1. The van der Waals surface area contributed by atoms with Gasteiger partial charge in [0.1, 0.15) is 5.82 Å². The van der Waals surface area contributed by atoms with Crippen LogP contribution in [0.15, 0.2) is 36.5 Å². The van der Waals surface area contributed by atoms with E-state index in [2.05, 4.69) is 35.1 Å². The molecular formula is C20H27N3O. The lowest BCUT2D eigenvalue weighted by Crippen LogP contribution is -2.26. The summed E-state index contributed by atoms with van der Waals surface area (Å²) < 4.78 is 0. The number of rotatable bonds is 7. The van der Waals surface area contributed by atoms with Gasteiger partial charge in [-0.05, 0) is 50.5 Å². The maximum Gasteiger partial charge on any atom is 0.255 e. The number of aryl methyl sites for hydroxylation is 2. The molecule has 0 aliphatic heterocycles. The Morgan fingerprint density at radius 3 is 2.42 bits per heavy atom. The van der Waals surface area contributed by atoms with Gasteiger partial charge in [-0.15, -0.1) is 0 Å². The summed E-state index contributed by atoms with van der Waals surface area (Å²) in [5.41, 5.74) is 3.74. The summed E-state index contributed by atoms with van der Waals surface area (Å²) in [4.78, 5) is 19.3. The zero-order chi connectivity index (χ0) is 17.5. The lowest BCUT2D eigenvalue weighted by atomic mass is 10.1. The highest BCUT2D eigenvalue weighted by Gasteiger charge is 2.12. The molecule has 1 amide bonds. The smallest absolute Gasteiger partial charge is 0.255 e. The van der Waals surface area contributed by atoms with E-state index in [1.807, 2.05) is 32.0 Å². The van der Waals surface area contributed by atoms with E-state index in [9.17, 15) is 4.79 Å². The highest BCUT2D eigenvalue weighted by atomic mass is 16.1. The molecule has 0 aliphatic carbocycles. The molecule has 0 unspecified atom stereocenters. The molecule has 1 N–H and O–H groups in total. The van der Waals surface area contributed by atoms with Crippen LogP contribution in [-0.4, -0.2) is 24.0 Å². The Labute approximate surface area is 144 Å². The van der Waals surface area contributed by atoms with Crippen LogP contribution < -0.4 is 10.2 Å². The molecule has 1 aromatic heterocycles. The normalized spacial score (nSPS) is 10.5. The predicted molar refractivity (Wildman–Crippen MR) is 101 cm³/mol. The van der Waals surface area contributed by atoms with Crippen LogP contribution in [-0.2, 0) is 0 Å². The van der Waals surface area contributed by atoms with Crippen molar-refractivity contribution in [3.63, 3.8) is 0 Å². The van der Waals surface area contributed by atoms with Gasteiger partial charge in [0.05, 0.1) is 0 Å². The summed E-state index contributed by atoms with van der Waals surface area (Å²) in [7, 11) is 0. The number of anilines is 2. The minimum absolute atomic E-state index is 0.0986. The summed E-state index contributed by atoms with van der Waals surface area (Å²) in [6.07, 6.45) is 3.83. The third-order valence-electron chi connectivity index (χ3n) is 3.95. The SMILES string of the molecule is CCCN(CCC)c1cc(C(=O)Nc2ccc(C)cc2C)ccn1. The van der Waals surface area contributed by atoms with Gasteiger partial charge >= 0.3 is 0 Å². The van der Waals surface area contributed by atoms with E-state index in [1.54, 1.807) is 12.3 Å². The summed E-state index contributed by atoms with van der Waals surface area (Å²) >= 11 is 0. The first-order valence-electron chi connectivity index (χ1n) is 8.64. The number of carbonyl (C=O) groups excluding carboxylic acids is 1. The molecule has 0 saturated carbocycles. The quantitative estimate of drug-likeness (QED) is 0.810. The fraction of sp³-hybridized carbons (Fsp3) is 0.400. The van der Waals surface area contributed by atoms with Crippen LogP contribution in [0.25, 0.3) is 0 Å². The van der Waals surface area contributed by atoms with Crippen molar-refractivity contribution in [3.8, 4) is 0 Å². The van der Waals surface area contributed by atoms with E-state index in [0.29, 0.717) is 5.56 Å². The third-order valence-corrected chi connectivity index (χ3v) is 3.95. The van der Waals surface area contributed by atoms with E-state index in [4.69, 9.17) is 0 Å². The van der Waals surface area contributed by atoms with Crippen LogP contribution >= 0.6 is 0 Å². The van der Waals surface area contributed by atoms with Gasteiger partial charge in [-0.3, -0.25) is 4.79 Å². The third kappa shape index (κ3) is 4.57. The fourth-order valence-corrected chi connectivity index (χ4v) is 2.76. The van der Waals surface area contributed by atoms with Crippen molar-refractivity contribution in [3.05, 3.63) is 53.2 Å². The van der Waals surface area contributed by atoms with Gasteiger partial charge in [0, 0.05) is 30.5 Å². The molecule has 0 bridgehead atoms. The lowest BCUT2D eigenvalue weighted by molar-refractivity contribution is 0.102. The topological polar surface area (TPSA) is 45.2 Å². The van der Waals surface area contributed by atoms with E-state index in [0.717, 1.165) is 43.0 Å². The van der Waals surface area contributed by atoms with Crippen molar-refractivity contribution in [2.24, 2.45) is 0 Å². The van der Waals surface area contributed by atoms with E-state index >= 15 is 0 Å². The first-order chi connectivity index (χ1) is 11.5. The van der Waals surface area contributed by atoms with Crippen molar-refractivity contribution in [2.75, 3.05) is 23.3 Å². The average molecular weight is 325 g/mol. The monoisotopic (exact) mass is 325 g/mol.